The molecule has 10 nitrogen and oxygen atoms in total. The minimum absolute atomic E-state index is 0.0448. The molecule has 2 aromatic heterocycles. The van der Waals surface area contributed by atoms with Crippen molar-refractivity contribution in [2.75, 3.05) is 24.5 Å². The number of carboxylic acids is 1. The third-order valence-corrected chi connectivity index (χ3v) is 6.25. The Bertz CT molecular complexity index is 1130. The third kappa shape index (κ3) is 4.83. The summed E-state index contributed by atoms with van der Waals surface area (Å²) >= 11 is 0. The van der Waals surface area contributed by atoms with Gasteiger partial charge in [0, 0.05) is 31.4 Å². The van der Waals surface area contributed by atoms with Crippen molar-refractivity contribution in [3.8, 4) is 0 Å². The number of halogens is 1. The molecular weight excluding hydrogens is 431 g/mol. The van der Waals surface area contributed by atoms with Gasteiger partial charge in [-0.1, -0.05) is 6.42 Å². The SMILES string of the molecule is NCCCC[C@H](N)C(=O)N[C@H]1CCN(c2nc3c(cc2F)c(=O)c(C(=O)O)cn3C2CC2)C1. The second-order valence-corrected chi connectivity index (χ2v) is 8.81. The molecule has 1 amide bonds. The summed E-state index contributed by atoms with van der Waals surface area (Å²) in [6.07, 6.45) is 5.73. The lowest BCUT2D eigenvalue weighted by atomic mass is 10.1. The molecule has 0 spiro atoms. The van der Waals surface area contributed by atoms with Gasteiger partial charge in [-0.05, 0) is 44.7 Å². The number of unbranched alkanes of at least 4 members (excludes halogenated alkanes) is 1. The zero-order valence-corrected chi connectivity index (χ0v) is 18.3. The van der Waals surface area contributed by atoms with Crippen molar-refractivity contribution in [2.24, 2.45) is 11.5 Å². The Morgan fingerprint density at radius 1 is 1.30 bits per heavy atom. The number of nitrogens with one attached hydrogen (secondary N) is 1. The van der Waals surface area contributed by atoms with E-state index in [0.29, 0.717) is 32.5 Å². The first-order valence-corrected chi connectivity index (χ1v) is 11.3. The highest BCUT2D eigenvalue weighted by molar-refractivity contribution is 5.92. The average Bonchev–Trinajstić information content (AvgIpc) is 3.52. The zero-order valence-electron chi connectivity index (χ0n) is 18.3. The van der Waals surface area contributed by atoms with Crippen molar-refractivity contribution in [3.63, 3.8) is 0 Å². The van der Waals surface area contributed by atoms with Crippen molar-refractivity contribution in [1.82, 2.24) is 14.9 Å². The molecule has 0 radical (unpaired) electrons. The van der Waals surface area contributed by atoms with E-state index in [0.717, 1.165) is 31.7 Å². The van der Waals surface area contributed by atoms with Gasteiger partial charge in [0.25, 0.3) is 0 Å². The van der Waals surface area contributed by atoms with Gasteiger partial charge < -0.3 is 31.4 Å². The molecule has 2 aliphatic rings. The van der Waals surface area contributed by atoms with Gasteiger partial charge >= 0.3 is 5.97 Å². The minimum Gasteiger partial charge on any atom is -0.477 e. The van der Waals surface area contributed by atoms with Crippen LogP contribution in [-0.4, -0.2) is 58.3 Å². The van der Waals surface area contributed by atoms with Crippen LogP contribution in [0.3, 0.4) is 0 Å². The number of aromatic nitrogens is 2. The Morgan fingerprint density at radius 3 is 2.73 bits per heavy atom. The van der Waals surface area contributed by atoms with Gasteiger partial charge in [0.2, 0.25) is 11.3 Å². The van der Waals surface area contributed by atoms with Crippen LogP contribution in [-0.2, 0) is 4.79 Å². The van der Waals surface area contributed by atoms with Gasteiger partial charge in [0.15, 0.2) is 11.6 Å². The summed E-state index contributed by atoms with van der Waals surface area (Å²) in [4.78, 5) is 42.6. The maximum Gasteiger partial charge on any atom is 0.341 e. The summed E-state index contributed by atoms with van der Waals surface area (Å²) in [5.74, 6) is -2.20. The largest absolute Gasteiger partial charge is 0.477 e. The first-order valence-electron chi connectivity index (χ1n) is 11.3. The number of amides is 1. The first-order chi connectivity index (χ1) is 15.8. The molecule has 11 heteroatoms. The Hall–Kier alpha value is -3.05. The highest BCUT2D eigenvalue weighted by Gasteiger charge is 2.31. The fraction of sp³-hybridized carbons (Fsp3) is 0.545. The van der Waals surface area contributed by atoms with Gasteiger partial charge in [0.05, 0.1) is 11.4 Å². The minimum atomic E-state index is -1.35. The molecule has 178 valence electrons. The van der Waals surface area contributed by atoms with Crippen LogP contribution in [0.1, 0.15) is 54.9 Å². The van der Waals surface area contributed by atoms with Crippen LogP contribution < -0.4 is 27.1 Å². The van der Waals surface area contributed by atoms with Crippen LogP contribution in [0.15, 0.2) is 17.1 Å². The fourth-order valence-corrected chi connectivity index (χ4v) is 4.26. The standard InChI is InChI=1S/C22H29FN6O4/c23-16-9-14-18(30)15(22(32)33)11-29(13-4-5-13)19(14)27-20(16)28-8-6-12(10-28)26-21(31)17(25)3-1-2-7-24/h9,11-13,17H,1-8,10,24-25H2,(H,26,31)(H,32,33)/t12-,17-/m0/s1. The van der Waals surface area contributed by atoms with Gasteiger partial charge in [-0.15, -0.1) is 0 Å². The van der Waals surface area contributed by atoms with Gasteiger partial charge in [-0.25, -0.2) is 14.2 Å². The second-order valence-electron chi connectivity index (χ2n) is 8.81. The number of nitrogens with zero attached hydrogens (tertiary/aromatic N) is 3. The number of rotatable bonds is 9. The van der Waals surface area contributed by atoms with Crippen LogP contribution in [0.4, 0.5) is 10.2 Å². The maximum absolute atomic E-state index is 15.0. The topological polar surface area (TPSA) is 157 Å². The lowest BCUT2D eigenvalue weighted by Crippen LogP contribution is -2.46. The molecule has 33 heavy (non-hydrogen) atoms. The summed E-state index contributed by atoms with van der Waals surface area (Å²) in [5.41, 5.74) is 10.6. The molecule has 3 heterocycles. The number of anilines is 1. The Labute approximate surface area is 189 Å². The van der Waals surface area contributed by atoms with E-state index in [1.54, 1.807) is 9.47 Å². The van der Waals surface area contributed by atoms with E-state index in [2.05, 4.69) is 10.3 Å². The lowest BCUT2D eigenvalue weighted by Gasteiger charge is -2.21. The molecule has 1 aliphatic carbocycles. The Balaban J connectivity index is 1.54. The summed E-state index contributed by atoms with van der Waals surface area (Å²) in [6.45, 7) is 1.39. The van der Waals surface area contributed by atoms with Crippen LogP contribution in [0.5, 0.6) is 0 Å². The number of hydrogen-bond acceptors (Lipinski definition) is 7. The molecule has 2 fully saturated rings. The molecule has 0 aromatic carbocycles. The molecule has 2 aromatic rings. The second kappa shape index (κ2) is 9.44. The van der Waals surface area contributed by atoms with Gasteiger partial charge in [0.1, 0.15) is 11.2 Å². The van der Waals surface area contributed by atoms with Crippen molar-refractivity contribution in [3.05, 3.63) is 33.9 Å². The lowest BCUT2D eigenvalue weighted by molar-refractivity contribution is -0.123. The van der Waals surface area contributed by atoms with Crippen molar-refractivity contribution < 1.29 is 19.1 Å². The molecule has 2 atom stereocenters. The van der Waals surface area contributed by atoms with E-state index in [9.17, 15) is 19.5 Å². The first kappa shape index (κ1) is 23.1. The average molecular weight is 461 g/mol. The zero-order chi connectivity index (χ0) is 23.7. The normalized spacial score (nSPS) is 19.1. The number of aromatic carboxylic acids is 1. The van der Waals surface area contributed by atoms with Gasteiger partial charge in [-0.3, -0.25) is 9.59 Å². The molecular formula is C22H29FN6O4. The number of pyridine rings is 2. The van der Waals surface area contributed by atoms with E-state index in [4.69, 9.17) is 11.5 Å². The van der Waals surface area contributed by atoms with E-state index >= 15 is 4.39 Å². The molecule has 6 N–H and O–H groups in total. The number of hydrogen-bond donors (Lipinski definition) is 4. The number of nitrogens with two attached hydrogens (primary N) is 2. The maximum atomic E-state index is 15.0. The molecule has 4 rings (SSSR count). The van der Waals surface area contributed by atoms with Crippen LogP contribution in [0, 0.1) is 5.82 Å². The van der Waals surface area contributed by atoms with E-state index in [1.807, 2.05) is 0 Å². The molecule has 0 unspecified atom stereocenters. The van der Waals surface area contributed by atoms with Gasteiger partial charge in [-0.2, -0.15) is 0 Å². The molecule has 1 saturated heterocycles. The van der Waals surface area contributed by atoms with Crippen molar-refractivity contribution in [1.29, 1.82) is 0 Å². The molecule has 1 saturated carbocycles. The van der Waals surface area contributed by atoms with Crippen LogP contribution in [0.2, 0.25) is 0 Å². The van der Waals surface area contributed by atoms with Crippen molar-refractivity contribution in [2.45, 2.75) is 56.7 Å². The smallest absolute Gasteiger partial charge is 0.341 e. The summed E-state index contributed by atoms with van der Waals surface area (Å²) < 4.78 is 16.7. The van der Waals surface area contributed by atoms with Crippen LogP contribution >= 0.6 is 0 Å². The number of fused-ring (bicyclic) bond motifs is 1. The Morgan fingerprint density at radius 2 is 2.06 bits per heavy atom. The predicted octanol–water partition coefficient (Wildman–Crippen LogP) is 0.720. The molecule has 0 bridgehead atoms. The highest BCUT2D eigenvalue weighted by atomic mass is 19.1. The number of carbonyl (C=O) groups is 2. The summed E-state index contributed by atoms with van der Waals surface area (Å²) in [6, 6.07) is 0.306. The van der Waals surface area contributed by atoms with Crippen LogP contribution in [0.25, 0.3) is 11.0 Å². The number of carbonyl (C=O) groups excluding carboxylic acids is 1. The fourth-order valence-electron chi connectivity index (χ4n) is 4.26. The third-order valence-electron chi connectivity index (χ3n) is 6.25. The summed E-state index contributed by atoms with van der Waals surface area (Å²) in [7, 11) is 0. The summed E-state index contributed by atoms with van der Waals surface area (Å²) in [5, 5.41) is 12.2. The van der Waals surface area contributed by atoms with E-state index in [-0.39, 0.29) is 34.8 Å². The molecule has 1 aliphatic heterocycles. The Kier molecular flexibility index (Phi) is 6.61. The number of carboxylic acid groups (broad SMARTS) is 1. The highest BCUT2D eigenvalue weighted by Crippen LogP contribution is 2.37. The van der Waals surface area contributed by atoms with E-state index in [1.165, 1.54) is 6.20 Å². The quantitative estimate of drug-likeness (QED) is 0.399. The predicted molar refractivity (Wildman–Crippen MR) is 121 cm³/mol. The van der Waals surface area contributed by atoms with Crippen molar-refractivity contribution >= 4 is 28.7 Å². The van der Waals surface area contributed by atoms with E-state index < -0.39 is 28.8 Å². The monoisotopic (exact) mass is 460 g/mol.